The second kappa shape index (κ2) is 8.93. The number of ether oxygens (including phenoxy) is 1. The van der Waals surface area contributed by atoms with Crippen LogP contribution in [0.5, 0.6) is 5.75 Å². The number of aliphatic hydroxyl groups is 1. The molecule has 1 unspecified atom stereocenters. The Balaban J connectivity index is 1.88. The van der Waals surface area contributed by atoms with E-state index in [0.717, 1.165) is 5.56 Å². The molecule has 2 aromatic rings. The lowest BCUT2D eigenvalue weighted by Gasteiger charge is -2.15. The van der Waals surface area contributed by atoms with E-state index in [0.29, 0.717) is 17.9 Å². The number of rotatable bonds is 7. The third kappa shape index (κ3) is 5.93. The molecule has 2 aromatic carbocycles. The lowest BCUT2D eigenvalue weighted by atomic mass is 10.1. The Hall–Kier alpha value is -2.53. The lowest BCUT2D eigenvalue weighted by Crippen LogP contribution is -2.41. The van der Waals surface area contributed by atoms with Crippen molar-refractivity contribution >= 4 is 6.03 Å². The van der Waals surface area contributed by atoms with E-state index in [1.807, 2.05) is 62.4 Å². The van der Waals surface area contributed by atoms with E-state index in [-0.39, 0.29) is 18.6 Å². The van der Waals surface area contributed by atoms with Crippen LogP contribution in [0.1, 0.15) is 31.1 Å². The van der Waals surface area contributed by atoms with Crippen LogP contribution >= 0.6 is 0 Å². The van der Waals surface area contributed by atoms with Crippen LogP contribution in [0.25, 0.3) is 0 Å². The molecule has 3 N–H and O–H groups in total. The number of urea groups is 1. The van der Waals surface area contributed by atoms with Gasteiger partial charge in [0.25, 0.3) is 0 Å². The topological polar surface area (TPSA) is 70.6 Å². The molecule has 0 aliphatic heterocycles. The Morgan fingerprint density at radius 1 is 1.12 bits per heavy atom. The highest BCUT2D eigenvalue weighted by Crippen LogP contribution is 2.20. The monoisotopic (exact) mass is 328 g/mol. The van der Waals surface area contributed by atoms with Gasteiger partial charge in [0.05, 0.1) is 6.10 Å². The van der Waals surface area contributed by atoms with Gasteiger partial charge in [0, 0.05) is 12.6 Å². The molecule has 0 heterocycles. The molecular weight excluding hydrogens is 304 g/mol. The molecule has 5 nitrogen and oxygen atoms in total. The number of carbonyl (C=O) groups excluding carboxylic acids is 1. The molecule has 0 aliphatic carbocycles. The average Bonchev–Trinajstić information content (AvgIpc) is 2.58. The van der Waals surface area contributed by atoms with Gasteiger partial charge in [0.2, 0.25) is 0 Å². The molecule has 128 valence electrons. The smallest absolute Gasteiger partial charge is 0.315 e. The van der Waals surface area contributed by atoms with Crippen molar-refractivity contribution in [2.24, 2.45) is 0 Å². The quantitative estimate of drug-likeness (QED) is 0.732. The molecule has 0 aromatic heterocycles. The number of carbonyl (C=O) groups is 1. The van der Waals surface area contributed by atoms with Gasteiger partial charge in [-0.1, -0.05) is 42.5 Å². The van der Waals surface area contributed by atoms with E-state index in [2.05, 4.69) is 10.6 Å². The first-order valence-corrected chi connectivity index (χ1v) is 8.03. The summed E-state index contributed by atoms with van der Waals surface area (Å²) in [6, 6.07) is 16.9. The summed E-state index contributed by atoms with van der Waals surface area (Å²) in [5, 5.41) is 15.6. The Morgan fingerprint density at radius 2 is 1.88 bits per heavy atom. The van der Waals surface area contributed by atoms with Crippen molar-refractivity contribution in [2.45, 2.75) is 32.6 Å². The number of amides is 2. The van der Waals surface area contributed by atoms with Crippen molar-refractivity contribution in [3.8, 4) is 5.75 Å². The zero-order chi connectivity index (χ0) is 17.4. The number of hydrogen-bond donors (Lipinski definition) is 3. The molecule has 0 radical (unpaired) electrons. The van der Waals surface area contributed by atoms with E-state index >= 15 is 0 Å². The van der Waals surface area contributed by atoms with Gasteiger partial charge in [-0.2, -0.15) is 0 Å². The lowest BCUT2D eigenvalue weighted by molar-refractivity contribution is 0.172. The molecule has 2 rings (SSSR count). The van der Waals surface area contributed by atoms with Gasteiger partial charge in [-0.3, -0.25) is 0 Å². The van der Waals surface area contributed by atoms with Gasteiger partial charge >= 0.3 is 6.03 Å². The molecule has 5 heteroatoms. The van der Waals surface area contributed by atoms with E-state index in [9.17, 15) is 9.90 Å². The van der Waals surface area contributed by atoms with Crippen molar-refractivity contribution in [2.75, 3.05) is 6.54 Å². The fourth-order valence-electron chi connectivity index (χ4n) is 2.17. The highest BCUT2D eigenvalue weighted by atomic mass is 16.5. The third-order valence-electron chi connectivity index (χ3n) is 3.37. The molecule has 2 amide bonds. The predicted octanol–water partition coefficient (Wildman–Crippen LogP) is 3.01. The van der Waals surface area contributed by atoms with Gasteiger partial charge < -0.3 is 20.5 Å². The Labute approximate surface area is 142 Å². The number of benzene rings is 2. The summed E-state index contributed by atoms with van der Waals surface area (Å²) in [7, 11) is 0. The first-order valence-electron chi connectivity index (χ1n) is 8.03. The second-order valence-corrected chi connectivity index (χ2v) is 5.87. The summed E-state index contributed by atoms with van der Waals surface area (Å²) in [6.45, 7) is 4.36. The van der Waals surface area contributed by atoms with Gasteiger partial charge in [-0.05, 0) is 37.1 Å². The largest absolute Gasteiger partial charge is 0.489 e. The maximum absolute atomic E-state index is 11.6. The molecule has 0 bridgehead atoms. The third-order valence-corrected chi connectivity index (χ3v) is 3.37. The van der Waals surface area contributed by atoms with Crippen LogP contribution in [0.3, 0.4) is 0 Å². The Morgan fingerprint density at radius 3 is 2.58 bits per heavy atom. The summed E-state index contributed by atoms with van der Waals surface area (Å²) < 4.78 is 5.75. The molecule has 1 atom stereocenters. The van der Waals surface area contributed by atoms with Crippen molar-refractivity contribution in [1.29, 1.82) is 0 Å². The van der Waals surface area contributed by atoms with E-state index < -0.39 is 6.10 Å². The summed E-state index contributed by atoms with van der Waals surface area (Å²) >= 11 is 0. The Bertz CT molecular complexity index is 644. The predicted molar refractivity (Wildman–Crippen MR) is 93.8 cm³/mol. The summed E-state index contributed by atoms with van der Waals surface area (Å²) in [4.78, 5) is 11.6. The van der Waals surface area contributed by atoms with E-state index in [1.54, 1.807) is 6.07 Å². The van der Waals surface area contributed by atoms with Gasteiger partial charge in [-0.25, -0.2) is 4.79 Å². The van der Waals surface area contributed by atoms with Crippen LogP contribution in [0.4, 0.5) is 4.79 Å². The SMILES string of the molecule is CC(C)NC(=O)NCC(O)c1cccc(OCc2ccccc2)c1. The summed E-state index contributed by atoms with van der Waals surface area (Å²) in [5.41, 5.74) is 1.78. The normalized spacial score (nSPS) is 11.8. The first-order chi connectivity index (χ1) is 11.5. The zero-order valence-corrected chi connectivity index (χ0v) is 14.0. The number of nitrogens with one attached hydrogen (secondary N) is 2. The fraction of sp³-hybridized carbons (Fsp3) is 0.316. The highest BCUT2D eigenvalue weighted by Gasteiger charge is 2.11. The molecule has 0 aliphatic rings. The maximum atomic E-state index is 11.6. The van der Waals surface area contributed by atoms with E-state index in [1.165, 1.54) is 0 Å². The number of hydrogen-bond acceptors (Lipinski definition) is 3. The summed E-state index contributed by atoms with van der Waals surface area (Å²) in [6.07, 6.45) is -0.789. The Kier molecular flexibility index (Phi) is 6.63. The average molecular weight is 328 g/mol. The van der Waals surface area contributed by atoms with Crippen LogP contribution in [0.15, 0.2) is 54.6 Å². The molecule has 0 fully saturated rings. The zero-order valence-electron chi connectivity index (χ0n) is 14.0. The summed E-state index contributed by atoms with van der Waals surface area (Å²) in [5.74, 6) is 0.682. The van der Waals surface area contributed by atoms with Crippen LogP contribution in [-0.4, -0.2) is 23.7 Å². The minimum absolute atomic E-state index is 0.0526. The minimum atomic E-state index is -0.789. The van der Waals surface area contributed by atoms with Crippen LogP contribution in [0, 0.1) is 0 Å². The number of aliphatic hydroxyl groups excluding tert-OH is 1. The van der Waals surface area contributed by atoms with Crippen LogP contribution < -0.4 is 15.4 Å². The van der Waals surface area contributed by atoms with Gasteiger partial charge in [0.1, 0.15) is 12.4 Å². The molecular formula is C19H24N2O3. The fourth-order valence-corrected chi connectivity index (χ4v) is 2.17. The van der Waals surface area contributed by atoms with Crippen LogP contribution in [-0.2, 0) is 6.61 Å². The van der Waals surface area contributed by atoms with Gasteiger partial charge in [-0.15, -0.1) is 0 Å². The minimum Gasteiger partial charge on any atom is -0.489 e. The van der Waals surface area contributed by atoms with Crippen molar-refractivity contribution in [3.05, 3.63) is 65.7 Å². The van der Waals surface area contributed by atoms with Crippen molar-refractivity contribution < 1.29 is 14.6 Å². The first kappa shape index (κ1) is 17.8. The molecule has 0 saturated heterocycles. The standard InChI is InChI=1S/C19H24N2O3/c1-14(2)21-19(23)20-12-18(22)16-9-6-10-17(11-16)24-13-15-7-4-3-5-8-15/h3-11,14,18,22H,12-13H2,1-2H3,(H2,20,21,23). The van der Waals surface area contributed by atoms with Crippen molar-refractivity contribution in [1.82, 2.24) is 10.6 Å². The second-order valence-electron chi connectivity index (χ2n) is 5.87. The van der Waals surface area contributed by atoms with E-state index in [4.69, 9.17) is 4.74 Å². The van der Waals surface area contributed by atoms with Crippen LogP contribution in [0.2, 0.25) is 0 Å². The molecule has 0 saturated carbocycles. The van der Waals surface area contributed by atoms with Crippen molar-refractivity contribution in [3.63, 3.8) is 0 Å². The molecule has 24 heavy (non-hydrogen) atoms. The highest BCUT2D eigenvalue weighted by molar-refractivity contribution is 5.74. The maximum Gasteiger partial charge on any atom is 0.315 e. The molecule has 0 spiro atoms. The van der Waals surface area contributed by atoms with Gasteiger partial charge in [0.15, 0.2) is 0 Å².